The second-order valence-electron chi connectivity index (χ2n) is 5.95. The number of rotatable bonds is 5. The monoisotopic (exact) mass is 373 g/mol. The molecule has 0 radical (unpaired) electrons. The van der Waals surface area contributed by atoms with Crippen molar-refractivity contribution >= 4 is 22.0 Å². The van der Waals surface area contributed by atoms with Gasteiger partial charge in [-0.1, -0.05) is 15.9 Å². The Labute approximate surface area is 140 Å². The molecule has 0 unspecified atom stereocenters. The van der Waals surface area contributed by atoms with Gasteiger partial charge in [0.15, 0.2) is 11.5 Å². The molecule has 0 spiro atoms. The summed E-state index contributed by atoms with van der Waals surface area (Å²) < 4.78 is 16.8. The first-order valence-corrected chi connectivity index (χ1v) is 7.81. The van der Waals surface area contributed by atoms with Gasteiger partial charge < -0.3 is 19.1 Å². The van der Waals surface area contributed by atoms with Crippen LogP contribution in [0.25, 0.3) is 0 Å². The van der Waals surface area contributed by atoms with Crippen LogP contribution in [0.4, 0.5) is 4.79 Å². The molecular weight excluding hydrogens is 350 g/mol. The molecule has 0 bridgehead atoms. The number of ether oxygens (including phenoxy) is 3. The zero-order chi connectivity index (χ0) is 16.9. The van der Waals surface area contributed by atoms with Crippen LogP contribution in [0.3, 0.4) is 0 Å². The summed E-state index contributed by atoms with van der Waals surface area (Å²) in [5.74, 6) is 1.33. The van der Waals surface area contributed by atoms with Gasteiger partial charge in [-0.2, -0.15) is 0 Å². The van der Waals surface area contributed by atoms with Crippen LogP contribution in [0.5, 0.6) is 11.5 Å². The number of amides is 1. The zero-order valence-corrected chi connectivity index (χ0v) is 15.6. The van der Waals surface area contributed by atoms with E-state index < -0.39 is 5.60 Å². The van der Waals surface area contributed by atoms with Gasteiger partial charge in [-0.05, 0) is 44.9 Å². The van der Waals surface area contributed by atoms with Crippen LogP contribution >= 0.6 is 15.9 Å². The molecule has 0 aliphatic carbocycles. The van der Waals surface area contributed by atoms with Gasteiger partial charge in [0.25, 0.3) is 0 Å². The fourth-order valence-corrected chi connectivity index (χ4v) is 2.33. The number of halogens is 1. The van der Waals surface area contributed by atoms with E-state index in [9.17, 15) is 4.79 Å². The lowest BCUT2D eigenvalue weighted by Gasteiger charge is -2.24. The van der Waals surface area contributed by atoms with E-state index in [-0.39, 0.29) is 6.09 Å². The third-order valence-corrected chi connectivity index (χ3v) is 3.71. The van der Waals surface area contributed by atoms with Crippen molar-refractivity contribution in [2.45, 2.75) is 32.8 Å². The van der Waals surface area contributed by atoms with E-state index in [0.29, 0.717) is 24.5 Å². The molecule has 0 saturated heterocycles. The molecule has 22 heavy (non-hydrogen) atoms. The first-order chi connectivity index (χ1) is 10.2. The molecule has 0 aromatic heterocycles. The maximum Gasteiger partial charge on any atom is 0.410 e. The van der Waals surface area contributed by atoms with Crippen LogP contribution in [0.1, 0.15) is 26.3 Å². The summed E-state index contributed by atoms with van der Waals surface area (Å²) in [6.07, 6.45) is 0.348. The predicted molar refractivity (Wildman–Crippen MR) is 89.8 cm³/mol. The zero-order valence-electron chi connectivity index (χ0n) is 14.0. The van der Waals surface area contributed by atoms with Crippen LogP contribution in [0.2, 0.25) is 0 Å². The van der Waals surface area contributed by atoms with Crippen molar-refractivity contribution in [3.63, 3.8) is 0 Å². The first-order valence-electron chi connectivity index (χ1n) is 7.02. The van der Waals surface area contributed by atoms with Gasteiger partial charge in [0.05, 0.1) is 14.2 Å². The third-order valence-electron chi connectivity index (χ3n) is 2.97. The Morgan fingerprint density at radius 1 is 1.18 bits per heavy atom. The molecule has 0 aliphatic rings. The number of carbonyl (C=O) groups is 1. The predicted octanol–water partition coefficient (Wildman–Crippen LogP) is 3.88. The SMILES string of the molecule is COc1cc(Br)c(CCN(C)C(=O)OC(C)(C)C)cc1OC. The van der Waals surface area contributed by atoms with E-state index in [1.54, 1.807) is 26.2 Å². The Morgan fingerprint density at radius 3 is 2.23 bits per heavy atom. The Morgan fingerprint density at radius 2 is 1.73 bits per heavy atom. The lowest BCUT2D eigenvalue weighted by molar-refractivity contribution is 0.0300. The van der Waals surface area contributed by atoms with Gasteiger partial charge >= 0.3 is 6.09 Å². The normalized spacial score (nSPS) is 11.0. The minimum Gasteiger partial charge on any atom is -0.493 e. The minimum absolute atomic E-state index is 0.330. The van der Waals surface area contributed by atoms with Gasteiger partial charge in [-0.15, -0.1) is 0 Å². The summed E-state index contributed by atoms with van der Waals surface area (Å²) in [6, 6.07) is 3.77. The Bertz CT molecular complexity index is 526. The number of hydrogen-bond donors (Lipinski definition) is 0. The smallest absolute Gasteiger partial charge is 0.410 e. The lowest BCUT2D eigenvalue weighted by Crippen LogP contribution is -2.35. The second-order valence-corrected chi connectivity index (χ2v) is 6.80. The highest BCUT2D eigenvalue weighted by atomic mass is 79.9. The summed E-state index contributed by atoms with van der Waals surface area (Å²) in [5.41, 5.74) is 0.544. The van der Waals surface area contributed by atoms with E-state index in [1.807, 2.05) is 32.9 Å². The fourth-order valence-electron chi connectivity index (χ4n) is 1.81. The van der Waals surface area contributed by atoms with Crippen LogP contribution < -0.4 is 9.47 Å². The molecule has 1 rings (SSSR count). The third kappa shape index (κ3) is 5.40. The maximum absolute atomic E-state index is 11.9. The molecule has 1 amide bonds. The number of methoxy groups -OCH3 is 2. The number of hydrogen-bond acceptors (Lipinski definition) is 4. The highest BCUT2D eigenvalue weighted by molar-refractivity contribution is 9.10. The van der Waals surface area contributed by atoms with E-state index in [1.165, 1.54) is 0 Å². The molecule has 1 aromatic rings. The van der Waals surface area contributed by atoms with Crippen molar-refractivity contribution < 1.29 is 19.0 Å². The first kappa shape index (κ1) is 18.6. The molecule has 0 aliphatic heterocycles. The van der Waals surface area contributed by atoms with E-state index in [0.717, 1.165) is 10.0 Å². The van der Waals surface area contributed by atoms with E-state index in [2.05, 4.69) is 15.9 Å². The fraction of sp³-hybridized carbons (Fsp3) is 0.562. The summed E-state index contributed by atoms with van der Waals surface area (Å²) in [4.78, 5) is 13.5. The van der Waals surface area contributed by atoms with Crippen molar-refractivity contribution in [3.05, 3.63) is 22.2 Å². The van der Waals surface area contributed by atoms with Gasteiger partial charge in [-0.25, -0.2) is 4.79 Å². The highest BCUT2D eigenvalue weighted by Gasteiger charge is 2.19. The summed E-state index contributed by atoms with van der Waals surface area (Å²) in [5, 5.41) is 0. The van der Waals surface area contributed by atoms with Gasteiger partial charge in [0, 0.05) is 18.1 Å². The van der Waals surface area contributed by atoms with Crippen LogP contribution in [0.15, 0.2) is 16.6 Å². The van der Waals surface area contributed by atoms with Crippen LogP contribution in [-0.4, -0.2) is 44.4 Å². The van der Waals surface area contributed by atoms with Gasteiger partial charge in [-0.3, -0.25) is 0 Å². The standard InChI is InChI=1S/C16H24BrNO4/c1-16(2,3)22-15(19)18(4)8-7-11-9-13(20-5)14(21-6)10-12(11)17/h9-10H,7-8H2,1-6H3. The second kappa shape index (κ2) is 7.72. The lowest BCUT2D eigenvalue weighted by atomic mass is 10.1. The molecule has 0 atom stereocenters. The number of nitrogens with zero attached hydrogens (tertiary/aromatic N) is 1. The van der Waals surface area contributed by atoms with Gasteiger partial charge in [0.1, 0.15) is 5.60 Å². The maximum atomic E-state index is 11.9. The van der Waals surface area contributed by atoms with Crippen molar-refractivity contribution in [3.8, 4) is 11.5 Å². The molecule has 124 valence electrons. The molecule has 5 nitrogen and oxygen atoms in total. The quantitative estimate of drug-likeness (QED) is 0.785. The van der Waals surface area contributed by atoms with Crippen LogP contribution in [0, 0.1) is 0 Å². The van der Waals surface area contributed by atoms with Crippen molar-refractivity contribution in [2.75, 3.05) is 27.8 Å². The highest BCUT2D eigenvalue weighted by Crippen LogP contribution is 2.33. The van der Waals surface area contributed by atoms with Crippen LogP contribution in [-0.2, 0) is 11.2 Å². The van der Waals surface area contributed by atoms with Crippen molar-refractivity contribution in [1.29, 1.82) is 0 Å². The van der Waals surface area contributed by atoms with Crippen molar-refractivity contribution in [1.82, 2.24) is 4.90 Å². The summed E-state index contributed by atoms with van der Waals surface area (Å²) >= 11 is 3.52. The molecule has 0 fully saturated rings. The average Bonchev–Trinajstić information content (AvgIpc) is 2.43. The molecular formula is C16H24BrNO4. The Hall–Kier alpha value is -1.43. The molecule has 0 heterocycles. The Kier molecular flexibility index (Phi) is 6.53. The number of likely N-dealkylation sites (N-methyl/N-ethyl adjacent to an activating group) is 1. The van der Waals surface area contributed by atoms with E-state index >= 15 is 0 Å². The summed E-state index contributed by atoms with van der Waals surface area (Å²) in [7, 11) is 4.92. The van der Waals surface area contributed by atoms with Crippen molar-refractivity contribution in [2.24, 2.45) is 0 Å². The van der Waals surface area contributed by atoms with Gasteiger partial charge in [0.2, 0.25) is 0 Å². The topological polar surface area (TPSA) is 48.0 Å². The molecule has 1 aromatic carbocycles. The summed E-state index contributed by atoms with van der Waals surface area (Å²) in [6.45, 7) is 6.10. The molecule has 0 N–H and O–H groups in total. The Balaban J connectivity index is 2.74. The van der Waals surface area contributed by atoms with E-state index in [4.69, 9.17) is 14.2 Å². The average molecular weight is 374 g/mol. The number of carbonyl (C=O) groups excluding carboxylic acids is 1. The largest absolute Gasteiger partial charge is 0.493 e. The minimum atomic E-state index is -0.491. The molecule has 0 saturated carbocycles. The number of benzene rings is 1. The molecule has 6 heteroatoms.